The molecule has 14 heavy (non-hydrogen) atoms. The topological polar surface area (TPSA) is 83.6 Å². The minimum atomic E-state index is -0.916. The van der Waals surface area contributed by atoms with Gasteiger partial charge in [0.25, 0.3) is 0 Å². The normalized spacial score (nSPS) is 23.6. The largest absolute Gasteiger partial charge is 0.480 e. The monoisotopic (exact) mass is 200 g/mol. The highest BCUT2D eigenvalue weighted by atomic mass is 16.4. The molecule has 1 amide bonds. The van der Waals surface area contributed by atoms with Crippen LogP contribution in [0.4, 0.5) is 0 Å². The lowest BCUT2D eigenvalue weighted by atomic mass is 10.2. The van der Waals surface area contributed by atoms with Gasteiger partial charge in [-0.3, -0.25) is 4.79 Å². The van der Waals surface area contributed by atoms with Crippen LogP contribution in [0.25, 0.3) is 0 Å². The summed E-state index contributed by atoms with van der Waals surface area (Å²) in [7, 11) is 0. The van der Waals surface area contributed by atoms with Crippen molar-refractivity contribution in [1.29, 1.82) is 0 Å². The molecule has 0 aromatic carbocycles. The molecule has 1 aliphatic rings. The molecule has 0 aliphatic carbocycles. The molecule has 0 aromatic rings. The molecule has 2 atom stereocenters. The van der Waals surface area contributed by atoms with E-state index in [9.17, 15) is 9.59 Å². The molecule has 1 aliphatic heterocycles. The van der Waals surface area contributed by atoms with Crippen molar-refractivity contribution in [3.05, 3.63) is 0 Å². The average molecular weight is 200 g/mol. The van der Waals surface area contributed by atoms with Gasteiger partial charge in [0.2, 0.25) is 5.91 Å². The molecular weight excluding hydrogens is 184 g/mol. The van der Waals surface area contributed by atoms with Crippen LogP contribution in [0.5, 0.6) is 0 Å². The van der Waals surface area contributed by atoms with Crippen LogP contribution < -0.4 is 5.73 Å². The number of carbonyl (C=O) groups is 2. The zero-order valence-electron chi connectivity index (χ0n) is 8.27. The Balaban J connectivity index is 2.58. The number of nitrogens with zero attached hydrogens (tertiary/aromatic N) is 1. The Labute approximate surface area is 82.9 Å². The number of rotatable bonds is 3. The third-order valence-corrected chi connectivity index (χ3v) is 2.35. The van der Waals surface area contributed by atoms with Gasteiger partial charge in [-0.1, -0.05) is 0 Å². The molecule has 5 heteroatoms. The quantitative estimate of drug-likeness (QED) is 0.660. The fourth-order valence-electron chi connectivity index (χ4n) is 1.71. The minimum absolute atomic E-state index is 0.148. The van der Waals surface area contributed by atoms with E-state index < -0.39 is 12.0 Å². The van der Waals surface area contributed by atoms with Gasteiger partial charge in [0.1, 0.15) is 6.04 Å². The Morgan fingerprint density at radius 2 is 2.29 bits per heavy atom. The fraction of sp³-hybridized carbons (Fsp3) is 0.778. The summed E-state index contributed by atoms with van der Waals surface area (Å²) in [6, 6.07) is -0.848. The van der Waals surface area contributed by atoms with Gasteiger partial charge in [0.05, 0.1) is 0 Å². The highest BCUT2D eigenvalue weighted by Gasteiger charge is 2.33. The number of carboxylic acid groups (broad SMARTS) is 1. The first kappa shape index (κ1) is 11.0. The Morgan fingerprint density at radius 1 is 1.64 bits per heavy atom. The van der Waals surface area contributed by atoms with Crippen molar-refractivity contribution in [2.75, 3.05) is 6.54 Å². The van der Waals surface area contributed by atoms with Crippen molar-refractivity contribution < 1.29 is 14.7 Å². The van der Waals surface area contributed by atoms with E-state index in [0.717, 1.165) is 6.42 Å². The van der Waals surface area contributed by atoms with E-state index in [1.807, 2.05) is 0 Å². The van der Waals surface area contributed by atoms with Crippen LogP contribution in [-0.4, -0.2) is 40.5 Å². The summed E-state index contributed by atoms with van der Waals surface area (Å²) in [5.74, 6) is -1.06. The maximum Gasteiger partial charge on any atom is 0.326 e. The van der Waals surface area contributed by atoms with Gasteiger partial charge in [-0.15, -0.1) is 0 Å². The predicted octanol–water partition coefficient (Wildman–Crippen LogP) is -0.201. The molecular formula is C9H16N2O3. The maximum absolute atomic E-state index is 11.6. The van der Waals surface area contributed by atoms with Crippen molar-refractivity contribution in [2.45, 2.75) is 38.3 Å². The van der Waals surface area contributed by atoms with E-state index in [1.54, 1.807) is 6.92 Å². The molecule has 2 unspecified atom stereocenters. The number of hydrogen-bond donors (Lipinski definition) is 2. The number of carbonyl (C=O) groups excluding carboxylic acids is 1. The second-order valence-electron chi connectivity index (χ2n) is 3.76. The highest BCUT2D eigenvalue weighted by molar-refractivity contribution is 5.84. The number of nitrogens with two attached hydrogens (primary N) is 1. The number of carboxylic acids is 1. The third-order valence-electron chi connectivity index (χ3n) is 2.35. The van der Waals surface area contributed by atoms with Gasteiger partial charge in [-0.25, -0.2) is 4.79 Å². The minimum Gasteiger partial charge on any atom is -0.480 e. The Morgan fingerprint density at radius 3 is 2.79 bits per heavy atom. The van der Waals surface area contributed by atoms with E-state index in [-0.39, 0.29) is 18.4 Å². The molecule has 0 aromatic heterocycles. The van der Waals surface area contributed by atoms with Crippen LogP contribution in [0.15, 0.2) is 0 Å². The van der Waals surface area contributed by atoms with Gasteiger partial charge in [0, 0.05) is 19.0 Å². The molecule has 80 valence electrons. The van der Waals surface area contributed by atoms with Gasteiger partial charge >= 0.3 is 5.97 Å². The SMILES string of the molecule is CC(N)CC(=O)N1CCCC1C(=O)O. The molecule has 0 spiro atoms. The molecule has 3 N–H and O–H groups in total. The average Bonchev–Trinajstić information content (AvgIpc) is 2.49. The van der Waals surface area contributed by atoms with Crippen LogP contribution in [0, 0.1) is 0 Å². The van der Waals surface area contributed by atoms with E-state index in [0.29, 0.717) is 13.0 Å². The van der Waals surface area contributed by atoms with Crippen LogP contribution in [0.1, 0.15) is 26.2 Å². The summed E-state index contributed by atoms with van der Waals surface area (Å²) < 4.78 is 0. The van der Waals surface area contributed by atoms with E-state index in [1.165, 1.54) is 4.90 Å². The Hall–Kier alpha value is -1.10. The van der Waals surface area contributed by atoms with Crippen molar-refractivity contribution in [3.8, 4) is 0 Å². The molecule has 0 saturated carbocycles. The molecule has 0 radical (unpaired) electrons. The van der Waals surface area contributed by atoms with Gasteiger partial charge < -0.3 is 15.7 Å². The summed E-state index contributed by atoms with van der Waals surface area (Å²) in [4.78, 5) is 23.8. The number of amides is 1. The highest BCUT2D eigenvalue weighted by Crippen LogP contribution is 2.18. The first-order chi connectivity index (χ1) is 6.52. The Kier molecular flexibility index (Phi) is 3.46. The van der Waals surface area contributed by atoms with Crippen LogP contribution in [-0.2, 0) is 9.59 Å². The van der Waals surface area contributed by atoms with Gasteiger partial charge in [-0.05, 0) is 19.8 Å². The molecule has 1 rings (SSSR count). The number of aliphatic carboxylic acids is 1. The van der Waals surface area contributed by atoms with E-state index in [4.69, 9.17) is 10.8 Å². The molecule has 0 bridgehead atoms. The number of hydrogen-bond acceptors (Lipinski definition) is 3. The zero-order valence-corrected chi connectivity index (χ0v) is 8.27. The molecule has 1 fully saturated rings. The summed E-state index contributed by atoms with van der Waals surface area (Å²) in [5, 5.41) is 8.84. The fourth-order valence-corrected chi connectivity index (χ4v) is 1.71. The smallest absolute Gasteiger partial charge is 0.326 e. The standard InChI is InChI=1S/C9H16N2O3/c1-6(10)5-8(12)11-4-2-3-7(11)9(13)14/h6-7H,2-5,10H2,1H3,(H,13,14). The summed E-state index contributed by atoms with van der Waals surface area (Å²) in [6.07, 6.45) is 1.55. The van der Waals surface area contributed by atoms with Crippen molar-refractivity contribution >= 4 is 11.9 Å². The lowest BCUT2D eigenvalue weighted by Gasteiger charge is -2.22. The maximum atomic E-state index is 11.6. The summed E-state index contributed by atoms with van der Waals surface area (Å²) in [6.45, 7) is 2.28. The molecule has 1 saturated heterocycles. The van der Waals surface area contributed by atoms with Crippen LogP contribution in [0.3, 0.4) is 0 Å². The summed E-state index contributed by atoms with van der Waals surface area (Å²) in [5.41, 5.74) is 5.49. The zero-order chi connectivity index (χ0) is 10.7. The van der Waals surface area contributed by atoms with Crippen molar-refractivity contribution in [3.63, 3.8) is 0 Å². The lowest BCUT2D eigenvalue weighted by Crippen LogP contribution is -2.42. The van der Waals surface area contributed by atoms with Gasteiger partial charge in [-0.2, -0.15) is 0 Å². The van der Waals surface area contributed by atoms with E-state index in [2.05, 4.69) is 0 Å². The molecule has 1 heterocycles. The van der Waals surface area contributed by atoms with E-state index >= 15 is 0 Å². The third kappa shape index (κ3) is 2.45. The molecule has 5 nitrogen and oxygen atoms in total. The Bertz CT molecular complexity index is 240. The van der Waals surface area contributed by atoms with Crippen molar-refractivity contribution in [1.82, 2.24) is 4.90 Å². The van der Waals surface area contributed by atoms with Crippen LogP contribution >= 0.6 is 0 Å². The number of likely N-dealkylation sites (tertiary alicyclic amines) is 1. The van der Waals surface area contributed by atoms with Gasteiger partial charge in [0.15, 0.2) is 0 Å². The second kappa shape index (κ2) is 4.41. The summed E-state index contributed by atoms with van der Waals surface area (Å²) >= 11 is 0. The first-order valence-corrected chi connectivity index (χ1v) is 4.80. The van der Waals surface area contributed by atoms with Crippen molar-refractivity contribution in [2.24, 2.45) is 5.73 Å². The lowest BCUT2D eigenvalue weighted by molar-refractivity contribution is -0.148. The second-order valence-corrected chi connectivity index (χ2v) is 3.76. The predicted molar refractivity (Wildman–Crippen MR) is 50.6 cm³/mol. The first-order valence-electron chi connectivity index (χ1n) is 4.80. The van der Waals surface area contributed by atoms with Crippen LogP contribution in [0.2, 0.25) is 0 Å².